The molecule has 0 spiro atoms. The molecule has 2 aromatic rings. The van der Waals surface area contributed by atoms with E-state index in [1.807, 2.05) is 0 Å². The van der Waals surface area contributed by atoms with Crippen LogP contribution in [0.4, 0.5) is 5.69 Å². The minimum absolute atomic E-state index is 0.0262. The number of non-ortho nitro benzene ring substituents is 1. The summed E-state index contributed by atoms with van der Waals surface area (Å²) in [7, 11) is 0. The summed E-state index contributed by atoms with van der Waals surface area (Å²) < 4.78 is 5.07. The molecule has 23 heavy (non-hydrogen) atoms. The average molecular weight is 334 g/mol. The molecular weight excluding hydrogens is 316 g/mol. The van der Waals surface area contributed by atoms with Gasteiger partial charge in [-0.15, -0.1) is 11.3 Å². The van der Waals surface area contributed by atoms with Crippen molar-refractivity contribution in [2.24, 2.45) is 5.92 Å². The molecule has 0 saturated heterocycles. The van der Waals surface area contributed by atoms with E-state index in [0.29, 0.717) is 23.2 Å². The number of carbonyl (C=O) groups is 1. The van der Waals surface area contributed by atoms with Crippen LogP contribution < -0.4 is 0 Å². The van der Waals surface area contributed by atoms with Crippen molar-refractivity contribution in [1.29, 1.82) is 0 Å². The maximum absolute atomic E-state index is 12.1. The van der Waals surface area contributed by atoms with E-state index in [-0.39, 0.29) is 5.69 Å². The van der Waals surface area contributed by atoms with Crippen LogP contribution in [0.3, 0.4) is 0 Å². The van der Waals surface area contributed by atoms with Crippen LogP contribution in [0.5, 0.6) is 0 Å². The molecule has 6 nitrogen and oxygen atoms in total. The molecule has 1 aromatic carbocycles. The van der Waals surface area contributed by atoms with Crippen molar-refractivity contribution in [1.82, 2.24) is 4.98 Å². The fraction of sp³-hybridized carbons (Fsp3) is 0.375. The Morgan fingerprint density at radius 1 is 1.35 bits per heavy atom. The molecule has 0 fully saturated rings. The molecule has 0 N–H and O–H groups in total. The molecule has 0 aliphatic rings. The first kappa shape index (κ1) is 17.1. The monoisotopic (exact) mass is 334 g/mol. The lowest BCUT2D eigenvalue weighted by Crippen LogP contribution is -2.08. The third-order valence-electron chi connectivity index (χ3n) is 3.08. The average Bonchev–Trinajstić information content (AvgIpc) is 2.90. The van der Waals surface area contributed by atoms with E-state index < -0.39 is 10.9 Å². The Morgan fingerprint density at radius 3 is 2.52 bits per heavy atom. The van der Waals surface area contributed by atoms with Gasteiger partial charge in [0.05, 0.1) is 11.5 Å². The smallest absolute Gasteiger partial charge is 0.358 e. The van der Waals surface area contributed by atoms with E-state index in [1.165, 1.54) is 23.5 Å². The zero-order valence-corrected chi connectivity index (χ0v) is 14.1. The highest BCUT2D eigenvalue weighted by molar-refractivity contribution is 7.15. The number of nitrogens with zero attached hydrogens (tertiary/aromatic N) is 2. The molecule has 0 amide bonds. The molecule has 0 aliphatic carbocycles. The number of ether oxygens (including phenoxy) is 1. The van der Waals surface area contributed by atoms with Crippen LogP contribution in [0.2, 0.25) is 0 Å². The quantitative estimate of drug-likeness (QED) is 0.451. The fourth-order valence-corrected chi connectivity index (χ4v) is 3.34. The van der Waals surface area contributed by atoms with Crippen LogP contribution in [0.15, 0.2) is 24.3 Å². The SMILES string of the molecule is CCOC(=O)c1nc(-c2ccc([N+](=O)[O-])cc2)sc1CC(C)C. The second kappa shape index (κ2) is 7.32. The number of esters is 1. The Bertz CT molecular complexity index is 707. The molecule has 0 atom stereocenters. The molecule has 0 saturated carbocycles. The Morgan fingerprint density at radius 2 is 2.00 bits per heavy atom. The Hall–Kier alpha value is -2.28. The highest BCUT2D eigenvalue weighted by Gasteiger charge is 2.21. The van der Waals surface area contributed by atoms with Gasteiger partial charge < -0.3 is 4.74 Å². The van der Waals surface area contributed by atoms with Crippen molar-refractivity contribution in [3.05, 3.63) is 45.0 Å². The summed E-state index contributed by atoms with van der Waals surface area (Å²) in [6, 6.07) is 6.15. The zero-order valence-electron chi connectivity index (χ0n) is 13.2. The van der Waals surface area contributed by atoms with Gasteiger partial charge in [-0.25, -0.2) is 9.78 Å². The van der Waals surface area contributed by atoms with Gasteiger partial charge in [0.15, 0.2) is 5.69 Å². The first-order valence-electron chi connectivity index (χ1n) is 7.34. The van der Waals surface area contributed by atoms with E-state index in [1.54, 1.807) is 19.1 Å². The molecule has 122 valence electrons. The third-order valence-corrected chi connectivity index (χ3v) is 4.21. The number of rotatable bonds is 6. The van der Waals surface area contributed by atoms with E-state index in [2.05, 4.69) is 18.8 Å². The van der Waals surface area contributed by atoms with Crippen molar-refractivity contribution in [2.75, 3.05) is 6.61 Å². The first-order chi connectivity index (χ1) is 10.9. The Kier molecular flexibility index (Phi) is 5.44. The van der Waals surface area contributed by atoms with Gasteiger partial charge in [0.1, 0.15) is 5.01 Å². The number of nitro groups is 1. The summed E-state index contributed by atoms with van der Waals surface area (Å²) in [5.41, 5.74) is 1.12. The summed E-state index contributed by atoms with van der Waals surface area (Å²) in [5.74, 6) is -0.0408. The van der Waals surface area contributed by atoms with Crippen molar-refractivity contribution < 1.29 is 14.5 Å². The molecule has 1 aromatic heterocycles. The second-order valence-corrected chi connectivity index (χ2v) is 6.50. The maximum Gasteiger partial charge on any atom is 0.358 e. The topological polar surface area (TPSA) is 82.3 Å². The standard InChI is InChI=1S/C16H18N2O4S/c1-4-22-16(19)14-13(9-10(2)3)23-15(17-14)11-5-7-12(8-6-11)18(20)21/h5-8,10H,4,9H2,1-3H3. The van der Waals surface area contributed by atoms with Gasteiger partial charge in [0.2, 0.25) is 0 Å². The highest BCUT2D eigenvalue weighted by atomic mass is 32.1. The molecule has 1 heterocycles. The second-order valence-electron chi connectivity index (χ2n) is 5.41. The molecule has 0 unspecified atom stereocenters. The number of aromatic nitrogens is 1. The van der Waals surface area contributed by atoms with Crippen molar-refractivity contribution in [3.63, 3.8) is 0 Å². The minimum atomic E-state index is -0.445. The lowest BCUT2D eigenvalue weighted by atomic mass is 10.1. The summed E-state index contributed by atoms with van der Waals surface area (Å²) in [6.45, 7) is 6.19. The molecule has 0 aliphatic heterocycles. The van der Waals surface area contributed by atoms with Gasteiger partial charge in [0.25, 0.3) is 5.69 Å². The summed E-state index contributed by atoms with van der Waals surface area (Å²) in [4.78, 5) is 27.6. The number of carbonyl (C=O) groups excluding carboxylic acids is 1. The van der Waals surface area contributed by atoms with Gasteiger partial charge in [-0.1, -0.05) is 13.8 Å². The Labute approximate surface area is 138 Å². The van der Waals surface area contributed by atoms with Crippen LogP contribution in [0, 0.1) is 16.0 Å². The van der Waals surface area contributed by atoms with Crippen molar-refractivity contribution >= 4 is 23.0 Å². The van der Waals surface area contributed by atoms with Gasteiger partial charge in [-0.3, -0.25) is 10.1 Å². The maximum atomic E-state index is 12.1. The summed E-state index contributed by atoms with van der Waals surface area (Å²) in [5, 5.41) is 11.4. The normalized spacial score (nSPS) is 10.8. The molecular formula is C16H18N2O4S. The molecule has 0 bridgehead atoms. The van der Waals surface area contributed by atoms with E-state index in [4.69, 9.17) is 4.74 Å². The summed E-state index contributed by atoms with van der Waals surface area (Å²) >= 11 is 1.43. The molecule has 7 heteroatoms. The third kappa shape index (κ3) is 4.13. The number of benzene rings is 1. The van der Waals surface area contributed by atoms with E-state index >= 15 is 0 Å². The number of thiazole rings is 1. The van der Waals surface area contributed by atoms with Crippen LogP contribution in [-0.4, -0.2) is 22.5 Å². The van der Waals surface area contributed by atoms with Gasteiger partial charge >= 0.3 is 5.97 Å². The molecule has 2 rings (SSSR count). The number of hydrogen-bond acceptors (Lipinski definition) is 6. The van der Waals surface area contributed by atoms with Crippen molar-refractivity contribution in [2.45, 2.75) is 27.2 Å². The number of nitro benzene ring substituents is 1. The van der Waals surface area contributed by atoms with Gasteiger partial charge in [-0.2, -0.15) is 0 Å². The predicted octanol–water partition coefficient (Wildman–Crippen LogP) is 4.09. The zero-order chi connectivity index (χ0) is 17.0. The van der Waals surface area contributed by atoms with Crippen LogP contribution >= 0.6 is 11.3 Å². The highest BCUT2D eigenvalue weighted by Crippen LogP contribution is 2.31. The van der Waals surface area contributed by atoms with Crippen LogP contribution in [0.1, 0.15) is 36.1 Å². The predicted molar refractivity (Wildman–Crippen MR) is 88.7 cm³/mol. The van der Waals surface area contributed by atoms with Gasteiger partial charge in [-0.05, 0) is 31.4 Å². The fourth-order valence-electron chi connectivity index (χ4n) is 2.07. The van der Waals surface area contributed by atoms with Crippen LogP contribution in [0.25, 0.3) is 10.6 Å². The summed E-state index contributed by atoms with van der Waals surface area (Å²) in [6.07, 6.45) is 0.735. The van der Waals surface area contributed by atoms with E-state index in [9.17, 15) is 14.9 Å². The lowest BCUT2D eigenvalue weighted by molar-refractivity contribution is -0.384. The van der Waals surface area contributed by atoms with Gasteiger partial charge in [0, 0.05) is 22.6 Å². The minimum Gasteiger partial charge on any atom is -0.461 e. The molecule has 0 radical (unpaired) electrons. The largest absolute Gasteiger partial charge is 0.461 e. The first-order valence-corrected chi connectivity index (χ1v) is 8.15. The van der Waals surface area contributed by atoms with Crippen LogP contribution in [-0.2, 0) is 11.2 Å². The number of hydrogen-bond donors (Lipinski definition) is 0. The van der Waals surface area contributed by atoms with Crippen molar-refractivity contribution in [3.8, 4) is 10.6 Å². The lowest BCUT2D eigenvalue weighted by Gasteiger charge is -2.04. The Balaban J connectivity index is 2.38. The van der Waals surface area contributed by atoms with E-state index in [0.717, 1.165) is 16.9 Å².